The molecule has 0 radical (unpaired) electrons. The van der Waals surface area contributed by atoms with Crippen LogP contribution in [0.3, 0.4) is 0 Å². The van der Waals surface area contributed by atoms with Gasteiger partial charge in [-0.2, -0.15) is 0 Å². The molecule has 2 aliphatic heterocycles. The Balaban J connectivity index is 1.52. The number of hydrogen-bond acceptors (Lipinski definition) is 6. The van der Waals surface area contributed by atoms with Gasteiger partial charge in [-0.05, 0) is 54.0 Å². The molecule has 7 nitrogen and oxygen atoms in total. The number of rotatable bonds is 7. The van der Waals surface area contributed by atoms with E-state index in [4.69, 9.17) is 23.2 Å². The number of benzene rings is 2. The van der Waals surface area contributed by atoms with Gasteiger partial charge < -0.3 is 10.0 Å². The van der Waals surface area contributed by atoms with Crippen LogP contribution in [0.1, 0.15) is 28.8 Å². The molecule has 11 heteroatoms. The van der Waals surface area contributed by atoms with Gasteiger partial charge in [0.1, 0.15) is 4.91 Å². The summed E-state index contributed by atoms with van der Waals surface area (Å²) in [6.07, 6.45) is 6.48. The van der Waals surface area contributed by atoms with Gasteiger partial charge >= 0.3 is 0 Å². The third-order valence-corrected chi connectivity index (χ3v) is 7.71. The summed E-state index contributed by atoms with van der Waals surface area (Å²) in [5.74, 6) is -0.384. The number of carbonyl (C=O) groups excluding carboxylic acids is 1. The van der Waals surface area contributed by atoms with Crippen molar-refractivity contribution in [1.82, 2.24) is 14.3 Å². The summed E-state index contributed by atoms with van der Waals surface area (Å²) in [6, 6.07) is 11.9. The number of fused-ring (bicyclic) bond motifs is 1. The third kappa shape index (κ3) is 5.33. The molecule has 0 fully saturated rings. The van der Waals surface area contributed by atoms with Crippen LogP contribution in [0.15, 0.2) is 77.6 Å². The smallest absolute Gasteiger partial charge is 0.264 e. The second kappa shape index (κ2) is 9.72. The number of sulfonamides is 1. The van der Waals surface area contributed by atoms with E-state index in [9.17, 15) is 13.2 Å². The SMILES string of the molecule is CC(CNC(=O)c1ccc(Cl)cc1NS(=O)(=O)C1=CC=CN2SNC=C12)c1ccc(Cl)cc1. The van der Waals surface area contributed by atoms with Crippen LogP contribution in [-0.4, -0.2) is 25.2 Å². The van der Waals surface area contributed by atoms with Gasteiger partial charge in [-0.15, -0.1) is 0 Å². The van der Waals surface area contributed by atoms with Gasteiger partial charge in [-0.1, -0.05) is 42.3 Å². The fourth-order valence-corrected chi connectivity index (χ4v) is 5.59. The Hall–Kier alpha value is -2.59. The number of nitrogens with zero attached hydrogens (tertiary/aromatic N) is 1. The minimum Gasteiger partial charge on any atom is -0.351 e. The third-order valence-electron chi connectivity index (χ3n) is 5.07. The van der Waals surface area contributed by atoms with Gasteiger partial charge in [0.05, 0.1) is 29.1 Å². The van der Waals surface area contributed by atoms with Crippen molar-refractivity contribution in [2.24, 2.45) is 0 Å². The van der Waals surface area contributed by atoms with Gasteiger partial charge in [-0.25, -0.2) is 8.42 Å². The lowest BCUT2D eigenvalue weighted by Crippen LogP contribution is -2.29. The van der Waals surface area contributed by atoms with Crippen LogP contribution in [0.4, 0.5) is 5.69 Å². The molecule has 0 aliphatic carbocycles. The molecule has 0 bridgehead atoms. The van der Waals surface area contributed by atoms with Crippen molar-refractivity contribution < 1.29 is 13.2 Å². The predicted octanol–water partition coefficient (Wildman–Crippen LogP) is 4.99. The highest BCUT2D eigenvalue weighted by atomic mass is 35.5. The molecule has 2 aliphatic rings. The van der Waals surface area contributed by atoms with E-state index in [1.54, 1.807) is 41.0 Å². The predicted molar refractivity (Wildman–Crippen MR) is 134 cm³/mol. The van der Waals surface area contributed by atoms with Gasteiger partial charge in [0.25, 0.3) is 15.9 Å². The van der Waals surface area contributed by atoms with Crippen LogP contribution in [0.5, 0.6) is 0 Å². The molecule has 0 spiro atoms. The molecule has 4 rings (SSSR count). The molecule has 33 heavy (non-hydrogen) atoms. The number of allylic oxidation sites excluding steroid dienone is 2. The van der Waals surface area contributed by atoms with Crippen molar-refractivity contribution in [2.75, 3.05) is 11.3 Å². The Kier molecular flexibility index (Phi) is 6.94. The van der Waals surface area contributed by atoms with Crippen molar-refractivity contribution >= 4 is 57.0 Å². The maximum absolute atomic E-state index is 13.2. The first-order valence-electron chi connectivity index (χ1n) is 9.91. The maximum atomic E-state index is 13.2. The van der Waals surface area contributed by atoms with E-state index >= 15 is 0 Å². The molecule has 0 aromatic heterocycles. The van der Waals surface area contributed by atoms with E-state index in [0.29, 0.717) is 22.3 Å². The van der Waals surface area contributed by atoms with E-state index in [0.717, 1.165) is 5.56 Å². The zero-order chi connectivity index (χ0) is 23.6. The molecule has 3 N–H and O–H groups in total. The van der Waals surface area contributed by atoms with Crippen LogP contribution in [0, 0.1) is 0 Å². The quantitative estimate of drug-likeness (QED) is 0.443. The Bertz CT molecular complexity index is 1280. The van der Waals surface area contributed by atoms with Gasteiger partial charge in [0.15, 0.2) is 0 Å². The summed E-state index contributed by atoms with van der Waals surface area (Å²) >= 11 is 13.3. The molecule has 1 unspecified atom stereocenters. The molecule has 0 saturated carbocycles. The number of anilines is 1. The summed E-state index contributed by atoms with van der Waals surface area (Å²) in [5.41, 5.74) is 1.78. The van der Waals surface area contributed by atoms with Crippen molar-refractivity contribution in [3.8, 4) is 0 Å². The average molecular weight is 523 g/mol. The van der Waals surface area contributed by atoms with E-state index in [-0.39, 0.29) is 22.1 Å². The first kappa shape index (κ1) is 23.6. The summed E-state index contributed by atoms with van der Waals surface area (Å²) in [7, 11) is -4.00. The Labute approximate surface area is 206 Å². The standard InChI is InChI=1S/C22H20Cl2N4O3S2/c1-14(15-4-6-16(23)7-5-15)12-25-22(29)18-9-8-17(24)11-19(18)27-33(30,31)21-3-2-10-28-20(21)13-26-32-28/h2-11,13-14,26-27H,12H2,1H3,(H,25,29). The van der Waals surface area contributed by atoms with E-state index in [1.165, 1.54) is 30.3 Å². The van der Waals surface area contributed by atoms with Gasteiger partial charge in [0.2, 0.25) is 0 Å². The molecule has 1 atom stereocenters. The van der Waals surface area contributed by atoms with Crippen LogP contribution in [0.25, 0.3) is 0 Å². The molecule has 0 saturated heterocycles. The lowest BCUT2D eigenvalue weighted by atomic mass is 10.0. The van der Waals surface area contributed by atoms with Crippen molar-refractivity contribution in [1.29, 1.82) is 0 Å². The lowest BCUT2D eigenvalue weighted by Gasteiger charge is -2.21. The van der Waals surface area contributed by atoms with E-state index in [2.05, 4.69) is 14.8 Å². The largest absolute Gasteiger partial charge is 0.351 e. The van der Waals surface area contributed by atoms with Crippen molar-refractivity contribution in [2.45, 2.75) is 12.8 Å². The fourth-order valence-electron chi connectivity index (χ4n) is 3.31. The first-order chi connectivity index (χ1) is 15.7. The maximum Gasteiger partial charge on any atom is 0.264 e. The lowest BCUT2D eigenvalue weighted by molar-refractivity contribution is 0.0952. The highest BCUT2D eigenvalue weighted by Crippen LogP contribution is 2.34. The molecule has 172 valence electrons. The van der Waals surface area contributed by atoms with E-state index in [1.807, 2.05) is 19.1 Å². The highest BCUT2D eigenvalue weighted by molar-refractivity contribution is 7.97. The van der Waals surface area contributed by atoms with Crippen molar-refractivity contribution in [3.63, 3.8) is 0 Å². The fraction of sp³-hybridized carbons (Fsp3) is 0.136. The zero-order valence-corrected chi connectivity index (χ0v) is 20.5. The molecule has 2 heterocycles. The zero-order valence-electron chi connectivity index (χ0n) is 17.4. The molecule has 1 amide bonds. The Morgan fingerprint density at radius 3 is 2.64 bits per heavy atom. The van der Waals surface area contributed by atoms with Crippen LogP contribution in [0.2, 0.25) is 10.0 Å². The number of carbonyl (C=O) groups is 1. The second-order valence-electron chi connectivity index (χ2n) is 7.39. The minimum absolute atomic E-state index is 0.0307. The molecule has 2 aromatic carbocycles. The summed E-state index contributed by atoms with van der Waals surface area (Å²) in [4.78, 5) is 13.0. The van der Waals surface area contributed by atoms with Crippen LogP contribution < -0.4 is 14.8 Å². The molecular weight excluding hydrogens is 503 g/mol. The Morgan fingerprint density at radius 1 is 1.15 bits per heavy atom. The molecule has 2 aromatic rings. The van der Waals surface area contributed by atoms with Gasteiger partial charge in [0, 0.05) is 29.0 Å². The Morgan fingerprint density at radius 2 is 1.88 bits per heavy atom. The summed E-state index contributed by atoms with van der Waals surface area (Å²) in [5, 5.41) is 3.81. The second-order valence-corrected chi connectivity index (χ2v) is 10.7. The molecular formula is C22H20Cl2N4O3S2. The number of hydrogen-bond donors (Lipinski definition) is 3. The monoisotopic (exact) mass is 522 g/mol. The first-order valence-corrected chi connectivity index (χ1v) is 12.9. The van der Waals surface area contributed by atoms with Crippen molar-refractivity contribution in [3.05, 3.63) is 98.8 Å². The van der Waals surface area contributed by atoms with Crippen LogP contribution >= 0.6 is 35.3 Å². The average Bonchev–Trinajstić information content (AvgIpc) is 3.26. The minimum atomic E-state index is -4.00. The summed E-state index contributed by atoms with van der Waals surface area (Å²) in [6.45, 7) is 2.33. The topological polar surface area (TPSA) is 90.5 Å². The highest BCUT2D eigenvalue weighted by Gasteiger charge is 2.30. The number of halogens is 2. The normalized spacial score (nSPS) is 15.8. The van der Waals surface area contributed by atoms with Crippen LogP contribution in [-0.2, 0) is 10.0 Å². The summed E-state index contributed by atoms with van der Waals surface area (Å²) < 4.78 is 33.4. The number of amides is 1. The van der Waals surface area contributed by atoms with E-state index < -0.39 is 15.9 Å². The number of nitrogens with one attached hydrogen (secondary N) is 3. The van der Waals surface area contributed by atoms with Gasteiger partial charge in [-0.3, -0.25) is 13.8 Å².